The van der Waals surface area contributed by atoms with Gasteiger partial charge in [0.15, 0.2) is 0 Å². The van der Waals surface area contributed by atoms with Crippen molar-refractivity contribution < 1.29 is 9.92 Å². The van der Waals surface area contributed by atoms with Gasteiger partial charge in [-0.05, 0) is 18.3 Å². The Morgan fingerprint density at radius 3 is 2.08 bits per heavy atom. The summed E-state index contributed by atoms with van der Waals surface area (Å²) >= 11 is 0. The van der Waals surface area contributed by atoms with Gasteiger partial charge in [0.25, 0.3) is 5.09 Å². The smallest absolute Gasteiger partial charge is 0.294 e. The van der Waals surface area contributed by atoms with E-state index in [1.54, 1.807) is 0 Å². The zero-order chi connectivity index (χ0) is 9.72. The SMILES string of the molecule is CC(C)CC(O[N+](=O)[O-])C(C)C. The Hall–Kier alpha value is -0.800. The van der Waals surface area contributed by atoms with Gasteiger partial charge in [-0.3, -0.25) is 0 Å². The molecule has 72 valence electrons. The Morgan fingerprint density at radius 1 is 1.33 bits per heavy atom. The molecular formula is C8H17NO3. The van der Waals surface area contributed by atoms with E-state index in [0.29, 0.717) is 5.92 Å². The van der Waals surface area contributed by atoms with E-state index in [2.05, 4.69) is 4.84 Å². The van der Waals surface area contributed by atoms with E-state index in [1.165, 1.54) is 0 Å². The molecule has 0 N–H and O–H groups in total. The number of hydrogen-bond acceptors (Lipinski definition) is 3. The summed E-state index contributed by atoms with van der Waals surface area (Å²) in [7, 11) is 0. The molecule has 12 heavy (non-hydrogen) atoms. The van der Waals surface area contributed by atoms with Crippen LogP contribution in [-0.2, 0) is 4.84 Å². The monoisotopic (exact) mass is 175 g/mol. The summed E-state index contributed by atoms with van der Waals surface area (Å²) < 4.78 is 0. The summed E-state index contributed by atoms with van der Waals surface area (Å²) in [5.74, 6) is 0.621. The lowest BCUT2D eigenvalue weighted by molar-refractivity contribution is -0.770. The highest BCUT2D eigenvalue weighted by molar-refractivity contribution is 4.62. The Labute approximate surface area is 73.0 Å². The van der Waals surface area contributed by atoms with Gasteiger partial charge in [-0.1, -0.05) is 27.7 Å². The van der Waals surface area contributed by atoms with Gasteiger partial charge in [-0.15, -0.1) is 10.1 Å². The summed E-state index contributed by atoms with van der Waals surface area (Å²) in [5, 5.41) is 9.38. The van der Waals surface area contributed by atoms with Crippen molar-refractivity contribution in [2.24, 2.45) is 11.8 Å². The largest absolute Gasteiger partial charge is 0.310 e. The first-order valence-electron chi connectivity index (χ1n) is 4.24. The summed E-state index contributed by atoms with van der Waals surface area (Å²) in [5.41, 5.74) is 0. The molecule has 0 bridgehead atoms. The number of rotatable bonds is 5. The van der Waals surface area contributed by atoms with Crippen LogP contribution in [-0.4, -0.2) is 11.2 Å². The predicted octanol–water partition coefficient (Wildman–Crippen LogP) is 2.27. The topological polar surface area (TPSA) is 52.4 Å². The quantitative estimate of drug-likeness (QED) is 0.475. The molecule has 4 nitrogen and oxygen atoms in total. The van der Waals surface area contributed by atoms with E-state index >= 15 is 0 Å². The molecular weight excluding hydrogens is 158 g/mol. The molecule has 0 aromatic rings. The van der Waals surface area contributed by atoms with E-state index < -0.39 is 5.09 Å². The van der Waals surface area contributed by atoms with Gasteiger partial charge in [-0.25, -0.2) is 0 Å². The minimum absolute atomic E-state index is 0.192. The summed E-state index contributed by atoms with van der Waals surface area (Å²) in [6, 6.07) is 0. The second-order valence-electron chi connectivity index (χ2n) is 3.74. The molecule has 1 atom stereocenters. The van der Waals surface area contributed by atoms with Crippen molar-refractivity contribution in [3.8, 4) is 0 Å². The third-order valence-electron chi connectivity index (χ3n) is 1.67. The van der Waals surface area contributed by atoms with E-state index in [-0.39, 0.29) is 12.0 Å². The molecule has 0 saturated heterocycles. The first kappa shape index (κ1) is 11.2. The van der Waals surface area contributed by atoms with Crippen molar-refractivity contribution in [1.82, 2.24) is 0 Å². The Balaban J connectivity index is 3.95. The number of hydrogen-bond donors (Lipinski definition) is 0. The maximum Gasteiger partial charge on any atom is 0.294 e. The van der Waals surface area contributed by atoms with Crippen LogP contribution in [0.4, 0.5) is 0 Å². The van der Waals surface area contributed by atoms with Gasteiger partial charge in [0.05, 0.1) is 0 Å². The van der Waals surface area contributed by atoms with Crippen molar-refractivity contribution in [3.63, 3.8) is 0 Å². The Kier molecular flexibility index (Phi) is 4.62. The average molecular weight is 175 g/mol. The second kappa shape index (κ2) is 4.95. The lowest BCUT2D eigenvalue weighted by Crippen LogP contribution is -2.24. The highest BCUT2D eigenvalue weighted by Crippen LogP contribution is 2.15. The van der Waals surface area contributed by atoms with Crippen molar-refractivity contribution >= 4 is 0 Å². The fraction of sp³-hybridized carbons (Fsp3) is 1.00. The van der Waals surface area contributed by atoms with E-state index in [4.69, 9.17) is 0 Å². The highest BCUT2D eigenvalue weighted by atomic mass is 17.0. The van der Waals surface area contributed by atoms with Gasteiger partial charge in [0.1, 0.15) is 6.10 Å². The minimum Gasteiger partial charge on any atom is -0.310 e. The van der Waals surface area contributed by atoms with Crippen LogP contribution in [0.1, 0.15) is 34.1 Å². The molecule has 0 spiro atoms. The normalized spacial score (nSPS) is 13.5. The molecule has 0 aromatic carbocycles. The zero-order valence-electron chi connectivity index (χ0n) is 8.11. The highest BCUT2D eigenvalue weighted by Gasteiger charge is 2.18. The lowest BCUT2D eigenvalue weighted by Gasteiger charge is -2.19. The molecule has 0 aliphatic carbocycles. The van der Waals surface area contributed by atoms with Crippen LogP contribution in [0.2, 0.25) is 0 Å². The van der Waals surface area contributed by atoms with Crippen molar-refractivity contribution in [2.75, 3.05) is 0 Å². The lowest BCUT2D eigenvalue weighted by atomic mass is 9.97. The molecule has 0 rings (SSSR count). The molecule has 0 fully saturated rings. The van der Waals surface area contributed by atoms with Gasteiger partial charge in [0.2, 0.25) is 0 Å². The van der Waals surface area contributed by atoms with E-state index in [0.717, 1.165) is 6.42 Å². The zero-order valence-corrected chi connectivity index (χ0v) is 8.11. The first-order chi connectivity index (χ1) is 5.43. The van der Waals surface area contributed by atoms with E-state index in [1.807, 2.05) is 27.7 Å². The molecule has 0 radical (unpaired) electrons. The molecule has 0 aromatic heterocycles. The summed E-state index contributed by atoms with van der Waals surface area (Å²) in [6.45, 7) is 7.91. The van der Waals surface area contributed by atoms with Crippen molar-refractivity contribution in [2.45, 2.75) is 40.2 Å². The molecule has 0 saturated carbocycles. The van der Waals surface area contributed by atoms with Gasteiger partial charge in [-0.2, -0.15) is 0 Å². The predicted molar refractivity (Wildman–Crippen MR) is 46.2 cm³/mol. The molecule has 0 aliphatic rings. The van der Waals surface area contributed by atoms with Crippen LogP contribution in [0.5, 0.6) is 0 Å². The fourth-order valence-electron chi connectivity index (χ4n) is 1.01. The molecule has 1 unspecified atom stereocenters. The minimum atomic E-state index is -0.701. The molecule has 0 amide bonds. The summed E-state index contributed by atoms with van der Waals surface area (Å²) in [6.07, 6.45) is 0.471. The average Bonchev–Trinajstić information content (AvgIpc) is 1.83. The van der Waals surface area contributed by atoms with E-state index in [9.17, 15) is 10.1 Å². The van der Waals surface area contributed by atoms with Crippen molar-refractivity contribution in [1.29, 1.82) is 0 Å². The maximum atomic E-state index is 10.1. The molecule has 4 heteroatoms. The third kappa shape index (κ3) is 4.93. The van der Waals surface area contributed by atoms with Gasteiger partial charge in [0, 0.05) is 0 Å². The first-order valence-corrected chi connectivity index (χ1v) is 4.24. The maximum absolute atomic E-state index is 10.1. The summed E-state index contributed by atoms with van der Waals surface area (Å²) in [4.78, 5) is 14.6. The fourth-order valence-corrected chi connectivity index (χ4v) is 1.01. The van der Waals surface area contributed by atoms with Gasteiger partial charge < -0.3 is 4.84 Å². The van der Waals surface area contributed by atoms with Crippen LogP contribution in [0.3, 0.4) is 0 Å². The van der Waals surface area contributed by atoms with Gasteiger partial charge >= 0.3 is 0 Å². The van der Waals surface area contributed by atoms with Crippen LogP contribution in [0.25, 0.3) is 0 Å². The standard InChI is InChI=1S/C8H17NO3/c1-6(2)5-8(7(3)4)12-9(10)11/h6-8H,5H2,1-4H3. The van der Waals surface area contributed by atoms with Crippen LogP contribution in [0.15, 0.2) is 0 Å². The van der Waals surface area contributed by atoms with Crippen LogP contribution >= 0.6 is 0 Å². The molecule has 0 heterocycles. The van der Waals surface area contributed by atoms with Crippen LogP contribution in [0, 0.1) is 22.0 Å². The Morgan fingerprint density at radius 2 is 1.83 bits per heavy atom. The number of nitrogens with zero attached hydrogens (tertiary/aromatic N) is 1. The Bertz CT molecular complexity index is 145. The van der Waals surface area contributed by atoms with Crippen LogP contribution < -0.4 is 0 Å². The molecule has 0 aliphatic heterocycles. The van der Waals surface area contributed by atoms with Crippen molar-refractivity contribution in [3.05, 3.63) is 10.1 Å². The second-order valence-corrected chi connectivity index (χ2v) is 3.74. The third-order valence-corrected chi connectivity index (χ3v) is 1.67.